The van der Waals surface area contributed by atoms with Crippen LogP contribution in [-0.4, -0.2) is 10.1 Å². The highest BCUT2D eigenvalue weighted by Crippen LogP contribution is 2.49. The molecule has 0 aliphatic heterocycles. The summed E-state index contributed by atoms with van der Waals surface area (Å²) in [4.78, 5) is 4.77. The van der Waals surface area contributed by atoms with E-state index in [0.29, 0.717) is 5.92 Å². The van der Waals surface area contributed by atoms with Gasteiger partial charge in [-0.2, -0.15) is 4.98 Å². The molecule has 0 atom stereocenters. The lowest BCUT2D eigenvalue weighted by atomic mass is 9.64. The zero-order valence-electron chi connectivity index (χ0n) is 12.6. The van der Waals surface area contributed by atoms with Gasteiger partial charge in [0.25, 0.3) is 0 Å². The maximum Gasteiger partial charge on any atom is 0.230 e. The summed E-state index contributed by atoms with van der Waals surface area (Å²) in [6, 6.07) is 0. The molecule has 0 spiro atoms. The lowest BCUT2D eigenvalue weighted by Gasteiger charge is -2.40. The minimum absolute atomic E-state index is 0. The largest absolute Gasteiger partial charge is 0.339 e. The van der Waals surface area contributed by atoms with Crippen LogP contribution in [-0.2, 0) is 5.54 Å². The minimum Gasteiger partial charge on any atom is -0.339 e. The van der Waals surface area contributed by atoms with Crippen molar-refractivity contribution < 1.29 is 4.52 Å². The van der Waals surface area contributed by atoms with E-state index < -0.39 is 0 Å². The van der Waals surface area contributed by atoms with E-state index in [0.717, 1.165) is 36.4 Å². The summed E-state index contributed by atoms with van der Waals surface area (Å²) in [5.74, 6) is 3.75. The second-order valence-electron chi connectivity index (χ2n) is 7.23. The van der Waals surface area contributed by atoms with Crippen molar-refractivity contribution in [3.63, 3.8) is 0 Å². The lowest BCUT2D eigenvalue weighted by molar-refractivity contribution is 0.122. The number of hydrogen-bond donors (Lipinski definition) is 1. The van der Waals surface area contributed by atoms with E-state index in [1.165, 1.54) is 51.4 Å². The van der Waals surface area contributed by atoms with E-state index in [9.17, 15) is 0 Å². The van der Waals surface area contributed by atoms with Crippen LogP contribution in [0.15, 0.2) is 4.52 Å². The molecule has 0 bridgehead atoms. The number of aromatic nitrogens is 2. The molecule has 3 aliphatic carbocycles. The number of halogens is 1. The third-order valence-electron chi connectivity index (χ3n) is 5.98. The van der Waals surface area contributed by atoms with E-state index in [1.807, 2.05) is 0 Å². The molecule has 0 saturated heterocycles. The zero-order chi connectivity index (χ0) is 13.6. The lowest BCUT2D eigenvalue weighted by Crippen LogP contribution is -2.35. The summed E-state index contributed by atoms with van der Waals surface area (Å²) in [5, 5.41) is 4.26. The first-order chi connectivity index (χ1) is 9.76. The van der Waals surface area contributed by atoms with Crippen LogP contribution in [0.3, 0.4) is 0 Å². The Morgan fingerprint density at radius 3 is 2.05 bits per heavy atom. The molecule has 3 fully saturated rings. The smallest absolute Gasteiger partial charge is 0.230 e. The Hall–Kier alpha value is -0.610. The molecule has 0 radical (unpaired) electrons. The second kappa shape index (κ2) is 5.88. The molecule has 4 nitrogen and oxygen atoms in total. The van der Waals surface area contributed by atoms with Crippen LogP contribution in [0.4, 0.5) is 0 Å². The van der Waals surface area contributed by atoms with Crippen LogP contribution < -0.4 is 5.73 Å². The van der Waals surface area contributed by atoms with Gasteiger partial charge in [-0.15, -0.1) is 12.4 Å². The first kappa shape index (κ1) is 15.3. The van der Waals surface area contributed by atoms with Gasteiger partial charge in [-0.25, -0.2) is 0 Å². The molecule has 0 amide bonds. The van der Waals surface area contributed by atoms with Gasteiger partial charge in [0, 0.05) is 5.92 Å². The normalized spacial score (nSPS) is 25.4. The van der Waals surface area contributed by atoms with Crippen molar-refractivity contribution in [1.29, 1.82) is 0 Å². The third-order valence-corrected chi connectivity index (χ3v) is 5.98. The zero-order valence-corrected chi connectivity index (χ0v) is 13.4. The predicted molar refractivity (Wildman–Crippen MR) is 83.3 cm³/mol. The summed E-state index contributed by atoms with van der Waals surface area (Å²) in [7, 11) is 0. The highest BCUT2D eigenvalue weighted by Gasteiger charge is 2.42. The number of rotatable bonds is 4. The van der Waals surface area contributed by atoms with Crippen LogP contribution in [0, 0.1) is 11.8 Å². The maximum absolute atomic E-state index is 6.45. The van der Waals surface area contributed by atoms with E-state index >= 15 is 0 Å². The molecule has 5 heteroatoms. The molecule has 3 saturated carbocycles. The Morgan fingerprint density at radius 2 is 1.57 bits per heavy atom. The highest BCUT2D eigenvalue weighted by molar-refractivity contribution is 5.85. The predicted octanol–water partition coefficient (Wildman–Crippen LogP) is 3.90. The Labute approximate surface area is 132 Å². The van der Waals surface area contributed by atoms with Crippen molar-refractivity contribution in [3.05, 3.63) is 11.7 Å². The van der Waals surface area contributed by atoms with Crippen molar-refractivity contribution in [2.24, 2.45) is 17.6 Å². The van der Waals surface area contributed by atoms with Gasteiger partial charge < -0.3 is 10.3 Å². The van der Waals surface area contributed by atoms with Crippen LogP contribution in [0.1, 0.15) is 81.8 Å². The van der Waals surface area contributed by atoms with Crippen LogP contribution in [0.2, 0.25) is 0 Å². The van der Waals surface area contributed by atoms with E-state index in [-0.39, 0.29) is 17.9 Å². The molecule has 4 rings (SSSR count). The Bertz CT molecular complexity index is 462. The van der Waals surface area contributed by atoms with Gasteiger partial charge in [0.2, 0.25) is 5.89 Å². The summed E-state index contributed by atoms with van der Waals surface area (Å²) >= 11 is 0. The molecule has 21 heavy (non-hydrogen) atoms. The van der Waals surface area contributed by atoms with Crippen molar-refractivity contribution in [3.8, 4) is 0 Å². The molecule has 0 aromatic carbocycles. The Morgan fingerprint density at radius 1 is 1.00 bits per heavy atom. The molecular weight excluding hydrogens is 286 g/mol. The summed E-state index contributed by atoms with van der Waals surface area (Å²) in [5.41, 5.74) is 6.14. The van der Waals surface area contributed by atoms with Gasteiger partial charge in [0.1, 0.15) is 0 Å². The molecule has 2 N–H and O–H groups in total. The SMILES string of the molecule is Cl.NC1(c2noc(C(C3CCC3)C3CCC3)n2)CCCC1. The van der Waals surface area contributed by atoms with Gasteiger partial charge in [-0.3, -0.25) is 0 Å². The van der Waals surface area contributed by atoms with Gasteiger partial charge in [-0.05, 0) is 50.4 Å². The van der Waals surface area contributed by atoms with Crippen molar-refractivity contribution in [2.75, 3.05) is 0 Å². The van der Waals surface area contributed by atoms with Crippen LogP contribution in [0.25, 0.3) is 0 Å². The fourth-order valence-corrected chi connectivity index (χ4v) is 4.19. The topological polar surface area (TPSA) is 64.9 Å². The van der Waals surface area contributed by atoms with Gasteiger partial charge >= 0.3 is 0 Å². The fraction of sp³-hybridized carbons (Fsp3) is 0.875. The first-order valence-corrected chi connectivity index (χ1v) is 8.39. The first-order valence-electron chi connectivity index (χ1n) is 8.39. The average Bonchev–Trinajstić information content (AvgIpc) is 2.92. The van der Waals surface area contributed by atoms with Crippen LogP contribution >= 0.6 is 12.4 Å². The number of nitrogens with two attached hydrogens (primary N) is 1. The van der Waals surface area contributed by atoms with E-state index in [1.54, 1.807) is 0 Å². The quantitative estimate of drug-likeness (QED) is 0.915. The molecule has 1 heterocycles. The number of nitrogens with zero attached hydrogens (tertiary/aromatic N) is 2. The van der Waals surface area contributed by atoms with Crippen molar-refractivity contribution >= 4 is 12.4 Å². The van der Waals surface area contributed by atoms with Gasteiger partial charge in [0.15, 0.2) is 5.82 Å². The Kier molecular flexibility index (Phi) is 4.28. The molecule has 3 aliphatic rings. The molecule has 0 unspecified atom stereocenters. The summed E-state index contributed by atoms with van der Waals surface area (Å²) < 4.78 is 5.68. The van der Waals surface area contributed by atoms with Crippen molar-refractivity contribution in [2.45, 2.75) is 75.7 Å². The van der Waals surface area contributed by atoms with Crippen LogP contribution in [0.5, 0.6) is 0 Å². The average molecular weight is 312 g/mol. The van der Waals surface area contributed by atoms with Gasteiger partial charge in [0.05, 0.1) is 5.54 Å². The monoisotopic (exact) mass is 311 g/mol. The summed E-state index contributed by atoms with van der Waals surface area (Å²) in [6.45, 7) is 0. The maximum atomic E-state index is 6.45. The molecule has 118 valence electrons. The standard InChI is InChI=1S/C16H25N3O.ClH/c17-16(9-1-2-10-16)15-18-14(20-19-15)13(11-5-3-6-11)12-7-4-8-12;/h11-13H,1-10,17H2;1H. The molecule has 1 aromatic rings. The highest BCUT2D eigenvalue weighted by atomic mass is 35.5. The van der Waals surface area contributed by atoms with Crippen molar-refractivity contribution in [1.82, 2.24) is 10.1 Å². The van der Waals surface area contributed by atoms with E-state index in [2.05, 4.69) is 5.16 Å². The number of hydrogen-bond acceptors (Lipinski definition) is 4. The van der Waals surface area contributed by atoms with E-state index in [4.69, 9.17) is 15.2 Å². The molecular formula is C16H26ClN3O. The molecule has 1 aromatic heterocycles. The summed E-state index contributed by atoms with van der Waals surface area (Å²) in [6.07, 6.45) is 12.5. The fourth-order valence-electron chi connectivity index (χ4n) is 4.19. The third kappa shape index (κ3) is 2.61. The minimum atomic E-state index is -0.314. The van der Waals surface area contributed by atoms with Gasteiger partial charge in [-0.1, -0.05) is 30.8 Å². The Balaban J connectivity index is 0.00000132. The second-order valence-corrected chi connectivity index (χ2v) is 7.23.